The van der Waals surface area contributed by atoms with Crippen molar-refractivity contribution in [1.29, 1.82) is 0 Å². The lowest BCUT2D eigenvalue weighted by molar-refractivity contribution is -0.136. The van der Waals surface area contributed by atoms with Gasteiger partial charge in [-0.3, -0.25) is 0 Å². The van der Waals surface area contributed by atoms with Crippen LogP contribution in [0.15, 0.2) is 44.4 Å². The van der Waals surface area contributed by atoms with E-state index < -0.39 is 5.97 Å². The van der Waals surface area contributed by atoms with Gasteiger partial charge < -0.3 is 9.36 Å². The van der Waals surface area contributed by atoms with Crippen LogP contribution in [0, 0.1) is 0 Å². The third kappa shape index (κ3) is 4.18. The van der Waals surface area contributed by atoms with Gasteiger partial charge in [0.25, 0.3) is 0 Å². The number of hydrogen-bond acceptors (Lipinski definition) is 5. The third-order valence-corrected chi connectivity index (χ3v) is 3.32. The molecule has 2 heterocycles. The highest BCUT2D eigenvalue weighted by Gasteiger charge is 2.23. The minimum absolute atomic E-state index is 0.381. The number of allylic oxidation sites excluding steroid dienone is 4. The van der Waals surface area contributed by atoms with Gasteiger partial charge in [-0.1, -0.05) is 50.1 Å². The molecule has 122 valence electrons. The molecule has 0 unspecified atom stereocenters. The standard InChI is InChI=1S/C17H20N2O4/c1-3-8-14-12(16(20)22-18-14)10-6-5-7-11-13-15(9-4-2)19-23-17(13)21/h5-7,10-11,18H,3-4,8-9H2,1-2H3/b7-5+,10-6+,13-11-. The number of carbonyl (C=O) groups is 1. The maximum absolute atomic E-state index is 11.6. The highest BCUT2D eigenvalue weighted by molar-refractivity contribution is 6.22. The lowest BCUT2D eigenvalue weighted by Crippen LogP contribution is -2.04. The molecule has 6 heteroatoms. The van der Waals surface area contributed by atoms with Crippen molar-refractivity contribution in [1.82, 2.24) is 5.16 Å². The molecule has 0 spiro atoms. The summed E-state index contributed by atoms with van der Waals surface area (Å²) in [7, 11) is 0. The molecule has 0 saturated heterocycles. The minimum atomic E-state index is -0.432. The van der Waals surface area contributed by atoms with E-state index in [1.165, 1.54) is 0 Å². The molecule has 2 rings (SSSR count). The molecule has 6 nitrogen and oxygen atoms in total. The van der Waals surface area contributed by atoms with E-state index in [2.05, 4.69) is 15.1 Å². The van der Waals surface area contributed by atoms with Crippen LogP contribution in [0.3, 0.4) is 0 Å². The van der Waals surface area contributed by atoms with Gasteiger partial charge >= 0.3 is 11.6 Å². The number of aromatic nitrogens is 1. The van der Waals surface area contributed by atoms with Crippen LogP contribution >= 0.6 is 0 Å². The second kappa shape index (κ2) is 8.12. The molecule has 0 bridgehead atoms. The SMILES string of the molecule is CCCC1=NOC(=O)\C1=C/C=C/C=C/c1c(CCC)[nH]oc1=O. The molecule has 0 radical (unpaired) electrons. The van der Waals surface area contributed by atoms with Gasteiger partial charge in [-0.2, -0.15) is 0 Å². The highest BCUT2D eigenvalue weighted by atomic mass is 16.7. The number of nitrogens with zero attached hydrogens (tertiary/aromatic N) is 1. The summed E-state index contributed by atoms with van der Waals surface area (Å²) < 4.78 is 4.80. The first-order chi connectivity index (χ1) is 11.2. The van der Waals surface area contributed by atoms with Crippen LogP contribution in [0.5, 0.6) is 0 Å². The number of aryl methyl sites for hydroxylation is 1. The number of oxime groups is 1. The summed E-state index contributed by atoms with van der Waals surface area (Å²) in [6.07, 6.45) is 11.8. The van der Waals surface area contributed by atoms with Crippen molar-refractivity contribution in [2.75, 3.05) is 0 Å². The van der Waals surface area contributed by atoms with Gasteiger partial charge in [0.05, 0.1) is 22.5 Å². The monoisotopic (exact) mass is 316 g/mol. The van der Waals surface area contributed by atoms with Crippen LogP contribution in [-0.4, -0.2) is 16.8 Å². The van der Waals surface area contributed by atoms with E-state index in [1.54, 1.807) is 30.4 Å². The van der Waals surface area contributed by atoms with Crippen LogP contribution < -0.4 is 5.63 Å². The molecule has 1 aliphatic rings. The molecule has 1 aromatic heterocycles. The zero-order valence-electron chi connectivity index (χ0n) is 13.3. The Morgan fingerprint density at radius 3 is 2.61 bits per heavy atom. The molecule has 0 aliphatic carbocycles. The van der Waals surface area contributed by atoms with E-state index in [0.717, 1.165) is 25.0 Å². The maximum atomic E-state index is 11.6. The van der Waals surface area contributed by atoms with Crippen LogP contribution in [0.1, 0.15) is 44.4 Å². The number of aromatic amines is 1. The van der Waals surface area contributed by atoms with Gasteiger partial charge in [-0.15, -0.1) is 0 Å². The predicted molar refractivity (Wildman–Crippen MR) is 88.0 cm³/mol. The average molecular weight is 316 g/mol. The van der Waals surface area contributed by atoms with Crippen molar-refractivity contribution in [3.63, 3.8) is 0 Å². The molecule has 0 amide bonds. The van der Waals surface area contributed by atoms with Crippen LogP contribution in [-0.2, 0) is 16.1 Å². The Labute approximate surface area is 134 Å². The zero-order chi connectivity index (χ0) is 16.7. The number of nitrogens with one attached hydrogen (secondary N) is 1. The molecule has 0 saturated carbocycles. The summed E-state index contributed by atoms with van der Waals surface area (Å²) in [5.74, 6) is -0.432. The fourth-order valence-electron chi connectivity index (χ4n) is 2.21. The smallest absolute Gasteiger partial charge is 0.338 e. The first-order valence-corrected chi connectivity index (χ1v) is 7.71. The number of rotatable bonds is 7. The number of hydrogen-bond donors (Lipinski definition) is 1. The Balaban J connectivity index is 2.06. The quantitative estimate of drug-likeness (QED) is 0.476. The lowest BCUT2D eigenvalue weighted by Gasteiger charge is -1.94. The van der Waals surface area contributed by atoms with E-state index in [-0.39, 0.29) is 5.63 Å². The van der Waals surface area contributed by atoms with Gasteiger partial charge in [0, 0.05) is 0 Å². The van der Waals surface area contributed by atoms with E-state index in [1.807, 2.05) is 13.8 Å². The number of H-pyrrole nitrogens is 1. The van der Waals surface area contributed by atoms with Crippen molar-refractivity contribution in [3.8, 4) is 0 Å². The second-order valence-electron chi connectivity index (χ2n) is 5.12. The summed E-state index contributed by atoms with van der Waals surface area (Å²) in [6, 6.07) is 0. The summed E-state index contributed by atoms with van der Waals surface area (Å²) in [6.45, 7) is 4.04. The molecule has 1 N–H and O–H groups in total. The van der Waals surface area contributed by atoms with Gasteiger partial charge in [-0.25, -0.2) is 14.7 Å². The van der Waals surface area contributed by atoms with Crippen molar-refractivity contribution in [2.45, 2.75) is 39.5 Å². The molecule has 23 heavy (non-hydrogen) atoms. The van der Waals surface area contributed by atoms with Gasteiger partial charge in [0.15, 0.2) is 0 Å². The summed E-state index contributed by atoms with van der Waals surface area (Å²) in [4.78, 5) is 27.8. The fraction of sp³-hybridized carbons (Fsp3) is 0.353. The van der Waals surface area contributed by atoms with Gasteiger partial charge in [-0.05, 0) is 25.0 Å². The molecule has 0 fully saturated rings. The highest BCUT2D eigenvalue weighted by Crippen LogP contribution is 2.15. The van der Waals surface area contributed by atoms with Crippen molar-refractivity contribution in [2.24, 2.45) is 5.16 Å². The van der Waals surface area contributed by atoms with Crippen LogP contribution in [0.4, 0.5) is 0 Å². The Morgan fingerprint density at radius 1 is 1.09 bits per heavy atom. The average Bonchev–Trinajstić information content (AvgIpc) is 3.05. The Kier molecular flexibility index (Phi) is 5.91. The van der Waals surface area contributed by atoms with E-state index in [4.69, 9.17) is 4.52 Å². The lowest BCUT2D eigenvalue weighted by atomic mass is 10.1. The fourth-order valence-corrected chi connectivity index (χ4v) is 2.21. The van der Waals surface area contributed by atoms with Crippen LogP contribution in [0.2, 0.25) is 0 Å². The normalized spacial score (nSPS) is 16.7. The molecule has 1 aromatic rings. The first-order valence-electron chi connectivity index (χ1n) is 7.71. The van der Waals surface area contributed by atoms with E-state index in [0.29, 0.717) is 23.3 Å². The third-order valence-electron chi connectivity index (χ3n) is 3.32. The van der Waals surface area contributed by atoms with Gasteiger partial charge in [0.1, 0.15) is 0 Å². The Bertz CT molecular complexity index is 732. The summed E-state index contributed by atoms with van der Waals surface area (Å²) >= 11 is 0. The van der Waals surface area contributed by atoms with Crippen LogP contribution in [0.25, 0.3) is 6.08 Å². The molecule has 1 aliphatic heterocycles. The minimum Gasteiger partial charge on any atom is -0.338 e. The van der Waals surface area contributed by atoms with E-state index in [9.17, 15) is 9.59 Å². The number of carbonyl (C=O) groups excluding carboxylic acids is 1. The molecule has 0 atom stereocenters. The summed E-state index contributed by atoms with van der Waals surface area (Å²) in [5.41, 5.74) is 2.08. The van der Waals surface area contributed by atoms with Crippen molar-refractivity contribution < 1.29 is 14.2 Å². The Morgan fingerprint density at radius 2 is 1.87 bits per heavy atom. The molecular weight excluding hydrogens is 296 g/mol. The zero-order valence-corrected chi connectivity index (χ0v) is 13.3. The van der Waals surface area contributed by atoms with Crippen molar-refractivity contribution in [3.05, 3.63) is 51.6 Å². The van der Waals surface area contributed by atoms with Gasteiger partial charge in [0.2, 0.25) is 0 Å². The van der Waals surface area contributed by atoms with Crippen molar-refractivity contribution >= 4 is 17.8 Å². The Hall–Kier alpha value is -2.63. The second-order valence-corrected chi connectivity index (χ2v) is 5.12. The summed E-state index contributed by atoms with van der Waals surface area (Å²) in [5, 5.41) is 6.39. The largest absolute Gasteiger partial charge is 0.367 e. The topological polar surface area (TPSA) is 84.7 Å². The molecular formula is C17H20N2O4. The molecule has 0 aromatic carbocycles. The first kappa shape index (κ1) is 16.7. The van der Waals surface area contributed by atoms with E-state index >= 15 is 0 Å². The maximum Gasteiger partial charge on any atom is 0.367 e. The predicted octanol–water partition coefficient (Wildman–Crippen LogP) is 3.13.